The molecular weight excluding hydrogens is 417 g/mol. The molecule has 3 aromatic rings. The molecule has 0 saturated heterocycles. The molecule has 154 valence electrons. The first kappa shape index (κ1) is 21.2. The van der Waals surface area contributed by atoms with Gasteiger partial charge in [-0.25, -0.2) is 0 Å². The van der Waals surface area contributed by atoms with Gasteiger partial charge in [0.05, 0.1) is 5.56 Å². The third kappa shape index (κ3) is 6.25. The molecule has 0 spiro atoms. The zero-order chi connectivity index (χ0) is 21.6. The highest BCUT2D eigenvalue weighted by atomic mass is 32.1. The quantitative estimate of drug-likeness (QED) is 0.562. The fraction of sp³-hybridized carbons (Fsp3) is 0.143. The van der Waals surface area contributed by atoms with Crippen LogP contribution in [0.15, 0.2) is 60.7 Å². The maximum Gasteiger partial charge on any atom is 0.573 e. The Kier molecular flexibility index (Phi) is 6.59. The number of carbonyl (C=O) groups is 1. The summed E-state index contributed by atoms with van der Waals surface area (Å²) in [6, 6.07) is 18.2. The first-order valence-corrected chi connectivity index (χ1v) is 9.49. The molecule has 30 heavy (non-hydrogen) atoms. The highest BCUT2D eigenvalue weighted by Crippen LogP contribution is 2.29. The molecule has 0 bridgehead atoms. The van der Waals surface area contributed by atoms with Crippen LogP contribution in [0.4, 0.5) is 18.2 Å². The van der Waals surface area contributed by atoms with Crippen LogP contribution in [0.5, 0.6) is 11.5 Å². The summed E-state index contributed by atoms with van der Waals surface area (Å²) in [6.07, 6.45) is -4.14. The summed E-state index contributed by atoms with van der Waals surface area (Å²) in [5.41, 5.74) is 1.44. The standard InChI is InChI=1S/C21H15F3N2O3S/c22-21(23,24)29-17-8-6-16(7-9-17)28-13-19(27)26-20-15(12-25)11-18(30-20)10-14-4-2-1-3-5-14/h1-9,11H,10,13H2,(H,26,27). The predicted molar refractivity (Wildman–Crippen MR) is 106 cm³/mol. The van der Waals surface area contributed by atoms with E-state index in [1.54, 1.807) is 6.07 Å². The number of thiophene rings is 1. The highest BCUT2D eigenvalue weighted by Gasteiger charge is 2.31. The van der Waals surface area contributed by atoms with Gasteiger partial charge in [-0.3, -0.25) is 4.79 Å². The Labute approximate surface area is 174 Å². The number of nitriles is 1. The van der Waals surface area contributed by atoms with Crippen LogP contribution < -0.4 is 14.8 Å². The number of benzene rings is 2. The fourth-order valence-electron chi connectivity index (χ4n) is 2.55. The van der Waals surface area contributed by atoms with Crippen molar-refractivity contribution in [3.8, 4) is 17.6 Å². The summed E-state index contributed by atoms with van der Waals surface area (Å²) in [4.78, 5) is 13.1. The number of ether oxygens (including phenoxy) is 2. The van der Waals surface area contributed by atoms with E-state index < -0.39 is 12.3 Å². The van der Waals surface area contributed by atoms with Crippen LogP contribution in [-0.4, -0.2) is 18.9 Å². The Hall–Kier alpha value is -3.51. The molecule has 0 radical (unpaired) electrons. The van der Waals surface area contributed by atoms with Gasteiger partial charge < -0.3 is 14.8 Å². The Morgan fingerprint density at radius 2 is 1.73 bits per heavy atom. The van der Waals surface area contributed by atoms with E-state index in [4.69, 9.17) is 4.74 Å². The summed E-state index contributed by atoms with van der Waals surface area (Å²) < 4.78 is 45.5. The summed E-state index contributed by atoms with van der Waals surface area (Å²) in [5.74, 6) is -0.672. The zero-order valence-electron chi connectivity index (χ0n) is 15.4. The number of amides is 1. The molecule has 2 aromatic carbocycles. The van der Waals surface area contributed by atoms with Gasteiger partial charge in [-0.15, -0.1) is 24.5 Å². The molecule has 0 unspecified atom stereocenters. The van der Waals surface area contributed by atoms with Crippen molar-refractivity contribution in [1.82, 2.24) is 0 Å². The van der Waals surface area contributed by atoms with Gasteiger partial charge in [0, 0.05) is 11.3 Å². The summed E-state index contributed by atoms with van der Waals surface area (Å²) in [6.45, 7) is -0.365. The lowest BCUT2D eigenvalue weighted by Gasteiger charge is -2.10. The molecule has 0 aliphatic heterocycles. The van der Waals surface area contributed by atoms with Gasteiger partial charge in [-0.2, -0.15) is 5.26 Å². The molecule has 1 N–H and O–H groups in total. The zero-order valence-corrected chi connectivity index (χ0v) is 16.2. The first-order chi connectivity index (χ1) is 14.3. The lowest BCUT2D eigenvalue weighted by molar-refractivity contribution is -0.274. The second kappa shape index (κ2) is 9.33. The minimum absolute atomic E-state index is 0.205. The Bertz CT molecular complexity index is 1040. The SMILES string of the molecule is N#Cc1cc(Cc2ccccc2)sc1NC(=O)COc1ccc(OC(F)(F)F)cc1. The average molecular weight is 432 g/mol. The third-order valence-corrected chi connectivity index (χ3v) is 4.86. The van der Waals surface area contributed by atoms with Gasteiger partial charge in [-0.05, 0) is 35.9 Å². The van der Waals surface area contributed by atoms with E-state index in [1.165, 1.54) is 23.5 Å². The number of nitrogens with zero attached hydrogens (tertiary/aromatic N) is 1. The Balaban J connectivity index is 1.56. The van der Waals surface area contributed by atoms with Crippen molar-refractivity contribution >= 4 is 22.2 Å². The van der Waals surface area contributed by atoms with E-state index in [-0.39, 0.29) is 18.1 Å². The van der Waals surface area contributed by atoms with Gasteiger partial charge in [0.1, 0.15) is 22.6 Å². The van der Waals surface area contributed by atoms with Gasteiger partial charge in [0.15, 0.2) is 6.61 Å². The van der Waals surface area contributed by atoms with Crippen LogP contribution in [0.3, 0.4) is 0 Å². The number of anilines is 1. The average Bonchev–Trinajstić information content (AvgIpc) is 3.08. The normalized spacial score (nSPS) is 10.9. The molecular formula is C21H15F3N2O3S. The van der Waals surface area contributed by atoms with Crippen molar-refractivity contribution in [2.45, 2.75) is 12.8 Å². The van der Waals surface area contributed by atoms with Crippen molar-refractivity contribution in [2.24, 2.45) is 0 Å². The first-order valence-electron chi connectivity index (χ1n) is 8.67. The van der Waals surface area contributed by atoms with E-state index in [2.05, 4.69) is 16.1 Å². The molecule has 9 heteroatoms. The Morgan fingerprint density at radius 1 is 1.07 bits per heavy atom. The molecule has 0 aliphatic rings. The lowest BCUT2D eigenvalue weighted by Crippen LogP contribution is -2.20. The number of halogens is 3. The summed E-state index contributed by atoms with van der Waals surface area (Å²) >= 11 is 1.30. The maximum absolute atomic E-state index is 12.2. The minimum atomic E-state index is -4.78. The summed E-state index contributed by atoms with van der Waals surface area (Å²) in [5, 5.41) is 12.4. The Morgan fingerprint density at radius 3 is 2.37 bits per heavy atom. The maximum atomic E-state index is 12.2. The number of hydrogen-bond donors (Lipinski definition) is 1. The van der Waals surface area contributed by atoms with Gasteiger partial charge >= 0.3 is 6.36 Å². The second-order valence-electron chi connectivity index (χ2n) is 6.09. The van der Waals surface area contributed by atoms with E-state index in [1.807, 2.05) is 30.3 Å². The molecule has 3 rings (SSSR count). The molecule has 1 heterocycles. The van der Waals surface area contributed by atoms with Crippen molar-refractivity contribution in [3.63, 3.8) is 0 Å². The highest BCUT2D eigenvalue weighted by molar-refractivity contribution is 7.16. The van der Waals surface area contributed by atoms with Crippen LogP contribution in [0.1, 0.15) is 16.0 Å². The van der Waals surface area contributed by atoms with E-state index in [0.29, 0.717) is 17.0 Å². The molecule has 0 fully saturated rings. The third-order valence-electron chi connectivity index (χ3n) is 3.80. The van der Waals surface area contributed by atoms with Crippen LogP contribution in [0.2, 0.25) is 0 Å². The van der Waals surface area contributed by atoms with Gasteiger partial charge in [-0.1, -0.05) is 30.3 Å². The monoisotopic (exact) mass is 432 g/mol. The van der Waals surface area contributed by atoms with Crippen molar-refractivity contribution in [3.05, 3.63) is 76.7 Å². The number of alkyl halides is 3. The van der Waals surface area contributed by atoms with E-state index >= 15 is 0 Å². The van der Waals surface area contributed by atoms with E-state index in [9.17, 15) is 23.2 Å². The van der Waals surface area contributed by atoms with Gasteiger partial charge in [0.2, 0.25) is 0 Å². The van der Waals surface area contributed by atoms with Crippen molar-refractivity contribution < 1.29 is 27.4 Å². The van der Waals surface area contributed by atoms with Crippen LogP contribution in [0.25, 0.3) is 0 Å². The topological polar surface area (TPSA) is 71.4 Å². The molecule has 0 saturated carbocycles. The van der Waals surface area contributed by atoms with Gasteiger partial charge in [0.25, 0.3) is 5.91 Å². The molecule has 1 aromatic heterocycles. The van der Waals surface area contributed by atoms with Crippen molar-refractivity contribution in [1.29, 1.82) is 5.26 Å². The summed E-state index contributed by atoms with van der Waals surface area (Å²) in [7, 11) is 0. The predicted octanol–water partition coefficient (Wildman–Crippen LogP) is 5.13. The van der Waals surface area contributed by atoms with Crippen LogP contribution >= 0.6 is 11.3 Å². The minimum Gasteiger partial charge on any atom is -0.484 e. The van der Waals surface area contributed by atoms with Crippen LogP contribution in [-0.2, 0) is 11.2 Å². The molecule has 1 amide bonds. The number of hydrogen-bond acceptors (Lipinski definition) is 5. The fourth-order valence-corrected chi connectivity index (χ4v) is 3.61. The van der Waals surface area contributed by atoms with Crippen molar-refractivity contribution in [2.75, 3.05) is 11.9 Å². The van der Waals surface area contributed by atoms with Crippen LogP contribution in [0, 0.1) is 11.3 Å². The molecule has 0 aliphatic carbocycles. The molecule has 5 nitrogen and oxygen atoms in total. The largest absolute Gasteiger partial charge is 0.573 e. The second-order valence-corrected chi connectivity index (χ2v) is 7.22. The smallest absolute Gasteiger partial charge is 0.484 e. The molecule has 0 atom stereocenters. The lowest BCUT2D eigenvalue weighted by atomic mass is 10.1. The number of carbonyl (C=O) groups excluding carboxylic acids is 1. The number of nitrogens with one attached hydrogen (secondary N) is 1. The van der Waals surface area contributed by atoms with E-state index in [0.717, 1.165) is 22.6 Å². The number of rotatable bonds is 7.